The molecule has 1 N–H and O–H groups in total. The normalized spacial score (nSPS) is 26.0. The van der Waals surface area contributed by atoms with E-state index in [0.29, 0.717) is 13.2 Å². The van der Waals surface area contributed by atoms with E-state index in [9.17, 15) is 0 Å². The molecule has 1 saturated heterocycles. The van der Waals surface area contributed by atoms with E-state index in [1.165, 1.54) is 0 Å². The Kier molecular flexibility index (Phi) is 3.19. The molecule has 4 rings (SSSR count). The monoisotopic (exact) mass is 291 g/mol. The van der Waals surface area contributed by atoms with Gasteiger partial charge < -0.3 is 24.3 Å². The third kappa shape index (κ3) is 2.15. The van der Waals surface area contributed by atoms with E-state index < -0.39 is 0 Å². The Hall–Kier alpha value is -1.46. The van der Waals surface area contributed by atoms with Gasteiger partial charge in [0.1, 0.15) is 18.8 Å². The quantitative estimate of drug-likeness (QED) is 0.858. The van der Waals surface area contributed by atoms with Crippen LogP contribution in [0.15, 0.2) is 12.1 Å². The number of fused-ring (bicyclic) bond motifs is 3. The fraction of sp³-hybridized carbons (Fsp3) is 0.625. The lowest BCUT2D eigenvalue weighted by atomic mass is 9.82. The van der Waals surface area contributed by atoms with Crippen molar-refractivity contribution in [2.75, 3.05) is 33.4 Å². The van der Waals surface area contributed by atoms with Gasteiger partial charge in [-0.15, -0.1) is 0 Å². The van der Waals surface area contributed by atoms with Crippen LogP contribution in [0.5, 0.6) is 17.2 Å². The summed E-state index contributed by atoms with van der Waals surface area (Å²) in [5.41, 5.74) is 0.931. The molecule has 21 heavy (non-hydrogen) atoms. The number of nitrogens with one attached hydrogen (secondary N) is 1. The molecule has 0 amide bonds. The van der Waals surface area contributed by atoms with Crippen LogP contribution >= 0.6 is 0 Å². The first kappa shape index (κ1) is 13.2. The molecule has 1 fully saturated rings. The number of hydrogen-bond acceptors (Lipinski definition) is 5. The van der Waals surface area contributed by atoms with Gasteiger partial charge in [-0.2, -0.15) is 0 Å². The fourth-order valence-corrected chi connectivity index (χ4v) is 3.57. The molecule has 1 atom stereocenters. The number of benzene rings is 1. The van der Waals surface area contributed by atoms with Gasteiger partial charge in [0.25, 0.3) is 0 Å². The Morgan fingerprint density at radius 2 is 1.95 bits per heavy atom. The van der Waals surface area contributed by atoms with Crippen LogP contribution in [-0.4, -0.2) is 39.0 Å². The van der Waals surface area contributed by atoms with Crippen LogP contribution in [-0.2, 0) is 4.74 Å². The molecule has 1 spiro atoms. The van der Waals surface area contributed by atoms with Gasteiger partial charge in [0.05, 0.1) is 6.10 Å². The van der Waals surface area contributed by atoms with E-state index >= 15 is 0 Å². The van der Waals surface area contributed by atoms with Gasteiger partial charge in [-0.3, -0.25) is 0 Å². The van der Waals surface area contributed by atoms with Crippen LogP contribution in [0.3, 0.4) is 0 Å². The lowest BCUT2D eigenvalue weighted by Crippen LogP contribution is -2.49. The second-order valence-corrected chi connectivity index (χ2v) is 5.97. The molecule has 1 aromatic rings. The summed E-state index contributed by atoms with van der Waals surface area (Å²) in [6, 6.07) is 4.01. The number of methoxy groups -OCH3 is 1. The van der Waals surface area contributed by atoms with Crippen molar-refractivity contribution in [3.63, 3.8) is 0 Å². The Morgan fingerprint density at radius 1 is 1.14 bits per heavy atom. The van der Waals surface area contributed by atoms with Crippen molar-refractivity contribution in [2.45, 2.75) is 31.0 Å². The highest BCUT2D eigenvalue weighted by Gasteiger charge is 2.44. The van der Waals surface area contributed by atoms with Crippen molar-refractivity contribution in [1.29, 1.82) is 0 Å². The molecule has 1 aromatic carbocycles. The summed E-state index contributed by atoms with van der Waals surface area (Å²) >= 11 is 0. The summed E-state index contributed by atoms with van der Waals surface area (Å²) in [6.07, 6.45) is 2.95. The maximum atomic E-state index is 6.47. The minimum Gasteiger partial charge on any atom is -0.486 e. The zero-order valence-corrected chi connectivity index (χ0v) is 12.3. The van der Waals surface area contributed by atoms with Gasteiger partial charge in [-0.1, -0.05) is 0 Å². The smallest absolute Gasteiger partial charge is 0.204 e. The van der Waals surface area contributed by atoms with Gasteiger partial charge in [-0.25, -0.2) is 0 Å². The lowest BCUT2D eigenvalue weighted by molar-refractivity contribution is -0.0506. The van der Waals surface area contributed by atoms with E-state index in [0.717, 1.165) is 55.2 Å². The highest BCUT2D eigenvalue weighted by Crippen LogP contribution is 2.52. The standard InChI is InChI=1S/C16H21NO4/c1-18-13-10-16(4-6-17-7-5-16)21-14-11(13)2-3-12-15(14)20-9-8-19-12/h2-3,13,17H,4-10H2,1H3. The molecule has 1 unspecified atom stereocenters. The van der Waals surface area contributed by atoms with Gasteiger partial charge in [0.15, 0.2) is 11.5 Å². The van der Waals surface area contributed by atoms with Crippen LogP contribution in [0.25, 0.3) is 0 Å². The van der Waals surface area contributed by atoms with Crippen molar-refractivity contribution in [3.05, 3.63) is 17.7 Å². The molecule has 0 aliphatic carbocycles. The molecule has 5 nitrogen and oxygen atoms in total. The molecule has 3 aliphatic heterocycles. The van der Waals surface area contributed by atoms with Gasteiger partial charge >= 0.3 is 0 Å². The predicted molar refractivity (Wildman–Crippen MR) is 77.3 cm³/mol. The Labute approximate surface area is 124 Å². The maximum absolute atomic E-state index is 6.47. The van der Waals surface area contributed by atoms with Gasteiger partial charge in [-0.05, 0) is 38.1 Å². The number of ether oxygens (including phenoxy) is 4. The second-order valence-electron chi connectivity index (χ2n) is 5.97. The van der Waals surface area contributed by atoms with E-state index in [2.05, 4.69) is 5.32 Å². The number of rotatable bonds is 1. The second kappa shape index (κ2) is 5.07. The fourth-order valence-electron chi connectivity index (χ4n) is 3.57. The van der Waals surface area contributed by atoms with E-state index in [1.807, 2.05) is 12.1 Å². The Balaban J connectivity index is 1.78. The third-order valence-corrected chi connectivity index (χ3v) is 4.72. The zero-order valence-electron chi connectivity index (χ0n) is 12.3. The van der Waals surface area contributed by atoms with Gasteiger partial charge in [0, 0.05) is 19.1 Å². The Bertz CT molecular complexity index is 539. The van der Waals surface area contributed by atoms with Crippen molar-refractivity contribution < 1.29 is 18.9 Å². The highest BCUT2D eigenvalue weighted by atomic mass is 16.6. The first-order valence-corrected chi connectivity index (χ1v) is 7.66. The largest absolute Gasteiger partial charge is 0.486 e. The number of hydrogen-bond donors (Lipinski definition) is 1. The van der Waals surface area contributed by atoms with Crippen molar-refractivity contribution >= 4 is 0 Å². The molecule has 0 bridgehead atoms. The molecule has 5 heteroatoms. The summed E-state index contributed by atoms with van der Waals surface area (Å²) in [5, 5.41) is 3.40. The zero-order chi connectivity index (χ0) is 14.3. The predicted octanol–water partition coefficient (Wildman–Crippen LogP) is 2.05. The SMILES string of the molecule is COC1CC2(CCNCC2)Oc2c1ccc1c2OCCO1. The summed E-state index contributed by atoms with van der Waals surface area (Å²) in [6.45, 7) is 3.13. The summed E-state index contributed by atoms with van der Waals surface area (Å²) < 4.78 is 23.7. The third-order valence-electron chi connectivity index (χ3n) is 4.72. The minimum absolute atomic E-state index is 0.0580. The van der Waals surface area contributed by atoms with Gasteiger partial charge in [0.2, 0.25) is 5.75 Å². The van der Waals surface area contributed by atoms with E-state index in [-0.39, 0.29) is 11.7 Å². The molecule has 114 valence electrons. The van der Waals surface area contributed by atoms with Crippen LogP contribution < -0.4 is 19.5 Å². The van der Waals surface area contributed by atoms with E-state index in [1.54, 1.807) is 7.11 Å². The number of piperidine rings is 1. The van der Waals surface area contributed by atoms with Crippen molar-refractivity contribution in [1.82, 2.24) is 5.32 Å². The van der Waals surface area contributed by atoms with Crippen molar-refractivity contribution in [3.8, 4) is 17.2 Å². The lowest BCUT2D eigenvalue weighted by Gasteiger charge is -2.44. The first-order valence-electron chi connectivity index (χ1n) is 7.66. The molecule has 0 aromatic heterocycles. The molecular formula is C16H21NO4. The van der Waals surface area contributed by atoms with Crippen LogP contribution in [0.1, 0.15) is 30.9 Å². The van der Waals surface area contributed by atoms with Crippen molar-refractivity contribution in [2.24, 2.45) is 0 Å². The molecule has 0 radical (unpaired) electrons. The summed E-state index contributed by atoms with van der Waals surface area (Å²) in [5.74, 6) is 2.35. The average Bonchev–Trinajstić information content (AvgIpc) is 2.55. The highest BCUT2D eigenvalue weighted by molar-refractivity contribution is 5.58. The summed E-state index contributed by atoms with van der Waals surface area (Å²) in [4.78, 5) is 0. The van der Waals surface area contributed by atoms with Crippen LogP contribution in [0, 0.1) is 0 Å². The molecular weight excluding hydrogens is 270 g/mol. The topological polar surface area (TPSA) is 49.0 Å². The van der Waals surface area contributed by atoms with Crippen LogP contribution in [0.2, 0.25) is 0 Å². The average molecular weight is 291 g/mol. The minimum atomic E-state index is -0.144. The molecule has 0 saturated carbocycles. The molecule has 3 aliphatic rings. The molecule has 3 heterocycles. The Morgan fingerprint density at radius 3 is 2.76 bits per heavy atom. The van der Waals surface area contributed by atoms with Crippen LogP contribution in [0.4, 0.5) is 0 Å². The van der Waals surface area contributed by atoms with E-state index in [4.69, 9.17) is 18.9 Å². The summed E-state index contributed by atoms with van der Waals surface area (Å²) in [7, 11) is 1.77. The maximum Gasteiger partial charge on any atom is 0.204 e. The first-order chi connectivity index (χ1) is 10.3.